The first-order chi connectivity index (χ1) is 9.88. The van der Waals surface area contributed by atoms with Crippen molar-refractivity contribution >= 4 is 27.3 Å². The second-order valence-electron chi connectivity index (χ2n) is 5.14. The summed E-state index contributed by atoms with van der Waals surface area (Å²) in [7, 11) is -3.23. The normalized spacial score (nSPS) is 21.3. The van der Waals surface area contributed by atoms with Gasteiger partial charge in [-0.25, -0.2) is 12.8 Å². The molecule has 1 aromatic rings. The molecule has 1 heterocycles. The molecule has 0 saturated carbocycles. The number of sulfone groups is 1. The van der Waals surface area contributed by atoms with Gasteiger partial charge in [-0.3, -0.25) is 0 Å². The molecule has 1 unspecified atom stereocenters. The number of rotatable bonds is 4. The maximum atomic E-state index is 14.1. The lowest BCUT2D eigenvalue weighted by Gasteiger charge is -2.38. The molecule has 1 aliphatic rings. The van der Waals surface area contributed by atoms with E-state index >= 15 is 0 Å². The van der Waals surface area contributed by atoms with Crippen LogP contribution in [0.2, 0.25) is 0 Å². The first kappa shape index (κ1) is 16.6. The highest BCUT2D eigenvalue weighted by molar-refractivity contribution is 8.01. The SMILES string of the molecule is CCS(=O)(=O)C1CSCCN1c1cccc(F)c1[C@@H](C)N. The lowest BCUT2D eigenvalue weighted by molar-refractivity contribution is 0.573. The predicted octanol–water partition coefficient (Wildman–Crippen LogP) is 2.16. The fraction of sp³-hybridized carbons (Fsp3) is 0.571. The van der Waals surface area contributed by atoms with Crippen molar-refractivity contribution < 1.29 is 12.8 Å². The van der Waals surface area contributed by atoms with Crippen molar-refractivity contribution in [1.82, 2.24) is 0 Å². The fourth-order valence-electron chi connectivity index (χ4n) is 2.57. The topological polar surface area (TPSA) is 63.4 Å². The molecule has 4 nitrogen and oxygen atoms in total. The van der Waals surface area contributed by atoms with Gasteiger partial charge in [0.05, 0.1) is 0 Å². The summed E-state index contributed by atoms with van der Waals surface area (Å²) in [6.45, 7) is 3.94. The van der Waals surface area contributed by atoms with Crippen molar-refractivity contribution in [3.8, 4) is 0 Å². The van der Waals surface area contributed by atoms with Gasteiger partial charge in [-0.05, 0) is 19.1 Å². The van der Waals surface area contributed by atoms with Crippen LogP contribution in [0.3, 0.4) is 0 Å². The first-order valence-corrected chi connectivity index (χ1v) is 9.85. The molecule has 0 bridgehead atoms. The van der Waals surface area contributed by atoms with Crippen LogP contribution < -0.4 is 10.6 Å². The Balaban J connectivity index is 2.50. The number of nitrogens with zero attached hydrogens (tertiary/aromatic N) is 1. The Morgan fingerprint density at radius 3 is 2.86 bits per heavy atom. The van der Waals surface area contributed by atoms with Crippen LogP contribution in [0, 0.1) is 5.82 Å². The van der Waals surface area contributed by atoms with Gasteiger partial charge in [-0.2, -0.15) is 11.8 Å². The maximum absolute atomic E-state index is 14.1. The number of anilines is 1. The van der Waals surface area contributed by atoms with Crippen LogP contribution in [0.5, 0.6) is 0 Å². The Morgan fingerprint density at radius 2 is 2.24 bits per heavy atom. The Labute approximate surface area is 129 Å². The highest BCUT2D eigenvalue weighted by Gasteiger charge is 2.34. The maximum Gasteiger partial charge on any atom is 0.171 e. The molecule has 1 fully saturated rings. The van der Waals surface area contributed by atoms with E-state index in [0.29, 0.717) is 23.5 Å². The van der Waals surface area contributed by atoms with E-state index < -0.39 is 21.3 Å². The highest BCUT2D eigenvalue weighted by atomic mass is 32.2. The molecule has 0 radical (unpaired) electrons. The van der Waals surface area contributed by atoms with Crippen molar-refractivity contribution in [2.75, 3.05) is 28.7 Å². The summed E-state index contributed by atoms with van der Waals surface area (Å²) in [5.74, 6) is 1.03. The molecule has 1 aromatic carbocycles. The molecular formula is C14H21FN2O2S2. The largest absolute Gasteiger partial charge is 0.353 e. The van der Waals surface area contributed by atoms with Crippen LogP contribution in [0.4, 0.5) is 10.1 Å². The van der Waals surface area contributed by atoms with Gasteiger partial charge in [0.2, 0.25) is 0 Å². The van der Waals surface area contributed by atoms with E-state index in [-0.39, 0.29) is 11.6 Å². The van der Waals surface area contributed by atoms with E-state index in [1.807, 2.05) is 0 Å². The third-order valence-electron chi connectivity index (χ3n) is 3.70. The molecule has 2 rings (SSSR count). The summed E-state index contributed by atoms with van der Waals surface area (Å²) < 4.78 is 38.7. The van der Waals surface area contributed by atoms with E-state index in [1.54, 1.807) is 42.6 Å². The van der Waals surface area contributed by atoms with Gasteiger partial charge >= 0.3 is 0 Å². The minimum atomic E-state index is -3.23. The van der Waals surface area contributed by atoms with Gasteiger partial charge in [0.25, 0.3) is 0 Å². The van der Waals surface area contributed by atoms with Crippen molar-refractivity contribution in [3.05, 3.63) is 29.6 Å². The molecule has 21 heavy (non-hydrogen) atoms. The zero-order valence-electron chi connectivity index (χ0n) is 12.3. The molecule has 0 aromatic heterocycles. The van der Waals surface area contributed by atoms with Crippen LogP contribution in [-0.2, 0) is 9.84 Å². The van der Waals surface area contributed by atoms with E-state index in [2.05, 4.69) is 0 Å². The minimum absolute atomic E-state index is 0.0809. The zero-order chi connectivity index (χ0) is 15.6. The molecule has 7 heteroatoms. The predicted molar refractivity (Wildman–Crippen MR) is 86.9 cm³/mol. The van der Waals surface area contributed by atoms with Gasteiger partial charge in [0.1, 0.15) is 11.2 Å². The highest BCUT2D eigenvalue weighted by Crippen LogP contribution is 2.33. The molecule has 2 atom stereocenters. The molecular weight excluding hydrogens is 311 g/mol. The number of hydrogen-bond donors (Lipinski definition) is 1. The number of thioether (sulfide) groups is 1. The summed E-state index contributed by atoms with van der Waals surface area (Å²) in [6.07, 6.45) is 0. The van der Waals surface area contributed by atoms with E-state index in [4.69, 9.17) is 5.73 Å². The molecule has 1 saturated heterocycles. The van der Waals surface area contributed by atoms with Crippen LogP contribution in [-0.4, -0.2) is 37.6 Å². The Kier molecular flexibility index (Phi) is 5.16. The molecule has 0 amide bonds. The monoisotopic (exact) mass is 332 g/mol. The molecule has 0 spiro atoms. The van der Waals surface area contributed by atoms with Crippen LogP contribution >= 0.6 is 11.8 Å². The molecule has 0 aliphatic carbocycles. The standard InChI is InChI=1S/C14H21FN2O2S2/c1-3-21(18,19)13-9-20-8-7-17(13)12-6-4-5-11(15)14(12)10(2)16/h4-6,10,13H,3,7-9,16H2,1-2H3/t10-,13?/m1/s1. The number of benzene rings is 1. The van der Waals surface area contributed by atoms with Gasteiger partial charge in [-0.15, -0.1) is 0 Å². The second kappa shape index (κ2) is 6.54. The van der Waals surface area contributed by atoms with Gasteiger partial charge in [-0.1, -0.05) is 13.0 Å². The third-order valence-corrected chi connectivity index (χ3v) is 6.98. The van der Waals surface area contributed by atoms with Gasteiger partial charge in [0.15, 0.2) is 9.84 Å². The summed E-state index contributed by atoms with van der Waals surface area (Å²) in [4.78, 5) is 1.80. The van der Waals surface area contributed by atoms with Gasteiger partial charge < -0.3 is 10.6 Å². The Morgan fingerprint density at radius 1 is 1.52 bits per heavy atom. The molecule has 1 aliphatic heterocycles. The van der Waals surface area contributed by atoms with Gasteiger partial charge in [0, 0.05) is 41.1 Å². The number of halogens is 1. The van der Waals surface area contributed by atoms with Crippen molar-refractivity contribution in [2.24, 2.45) is 5.73 Å². The Bertz CT molecular complexity index is 605. The van der Waals surface area contributed by atoms with Crippen LogP contribution in [0.25, 0.3) is 0 Å². The lowest BCUT2D eigenvalue weighted by Crippen LogP contribution is -2.48. The van der Waals surface area contributed by atoms with Crippen LogP contribution in [0.15, 0.2) is 18.2 Å². The van der Waals surface area contributed by atoms with Crippen molar-refractivity contribution in [1.29, 1.82) is 0 Å². The summed E-state index contributed by atoms with van der Waals surface area (Å²) in [5.41, 5.74) is 6.88. The van der Waals surface area contributed by atoms with Crippen molar-refractivity contribution in [2.45, 2.75) is 25.3 Å². The summed E-state index contributed by atoms with van der Waals surface area (Å²) in [6, 6.07) is 4.24. The molecule has 118 valence electrons. The summed E-state index contributed by atoms with van der Waals surface area (Å²) >= 11 is 1.62. The van der Waals surface area contributed by atoms with E-state index in [9.17, 15) is 12.8 Å². The lowest BCUT2D eigenvalue weighted by atomic mass is 10.0. The average molecular weight is 332 g/mol. The second-order valence-corrected chi connectivity index (χ2v) is 8.73. The fourth-order valence-corrected chi connectivity index (χ4v) is 5.56. The summed E-state index contributed by atoms with van der Waals surface area (Å²) in [5, 5.41) is -0.611. The average Bonchev–Trinajstić information content (AvgIpc) is 2.46. The zero-order valence-corrected chi connectivity index (χ0v) is 13.9. The Hall–Kier alpha value is -0.790. The molecule has 2 N–H and O–H groups in total. The van der Waals surface area contributed by atoms with Crippen LogP contribution in [0.1, 0.15) is 25.5 Å². The van der Waals surface area contributed by atoms with E-state index in [0.717, 1.165) is 5.75 Å². The third kappa shape index (κ3) is 3.35. The van der Waals surface area contributed by atoms with E-state index in [1.165, 1.54) is 6.07 Å². The van der Waals surface area contributed by atoms with Crippen molar-refractivity contribution in [3.63, 3.8) is 0 Å². The first-order valence-electron chi connectivity index (χ1n) is 6.98. The number of hydrogen-bond acceptors (Lipinski definition) is 5. The smallest absolute Gasteiger partial charge is 0.171 e. The minimum Gasteiger partial charge on any atom is -0.353 e. The quantitative estimate of drug-likeness (QED) is 0.915. The number of nitrogens with two attached hydrogens (primary N) is 1.